The van der Waals surface area contributed by atoms with Crippen LogP contribution in [0, 0.1) is 0 Å². The molecule has 0 bridgehead atoms. The Balaban J connectivity index is 2.02. The molecule has 0 fully saturated rings. The molecule has 8 heteroatoms. The summed E-state index contributed by atoms with van der Waals surface area (Å²) < 4.78 is 16.6. The number of rotatable bonds is 8. The standard InChI is InChI=1S/C19H22N4O4/c1-25-12-10-15(17(16(11-12)26-2)27-9-5-8-24)23-19-18(20)21-13-6-3-4-7-14(13)22-19/h3-4,6-7,10-11,24H,5,8-9H2,1-2H3,(H2,20,21)(H,22,23). The van der Waals surface area contributed by atoms with E-state index < -0.39 is 0 Å². The lowest BCUT2D eigenvalue weighted by Gasteiger charge is -2.18. The smallest absolute Gasteiger partial charge is 0.184 e. The lowest BCUT2D eigenvalue weighted by molar-refractivity contribution is 0.228. The number of methoxy groups -OCH3 is 2. The number of nitrogens with one attached hydrogen (secondary N) is 1. The van der Waals surface area contributed by atoms with Crippen LogP contribution in [0.2, 0.25) is 0 Å². The van der Waals surface area contributed by atoms with Gasteiger partial charge in [-0.15, -0.1) is 0 Å². The highest BCUT2D eigenvalue weighted by molar-refractivity contribution is 5.82. The van der Waals surface area contributed by atoms with Gasteiger partial charge in [0.2, 0.25) is 0 Å². The van der Waals surface area contributed by atoms with E-state index in [2.05, 4.69) is 15.3 Å². The third kappa shape index (κ3) is 4.12. The summed E-state index contributed by atoms with van der Waals surface area (Å²) in [7, 11) is 3.11. The Morgan fingerprint density at radius 3 is 2.48 bits per heavy atom. The minimum absolute atomic E-state index is 0.0321. The van der Waals surface area contributed by atoms with Crippen molar-refractivity contribution < 1.29 is 19.3 Å². The summed E-state index contributed by atoms with van der Waals surface area (Å²) in [6, 6.07) is 10.9. The minimum Gasteiger partial charge on any atom is -0.497 e. The summed E-state index contributed by atoms with van der Waals surface area (Å²) >= 11 is 0. The second-order valence-corrected chi connectivity index (χ2v) is 5.70. The van der Waals surface area contributed by atoms with Crippen molar-refractivity contribution in [3.63, 3.8) is 0 Å². The summed E-state index contributed by atoms with van der Waals surface area (Å²) in [6.45, 7) is 0.358. The number of aliphatic hydroxyl groups is 1. The molecular weight excluding hydrogens is 348 g/mol. The van der Waals surface area contributed by atoms with Gasteiger partial charge in [-0.1, -0.05) is 12.1 Å². The van der Waals surface area contributed by atoms with E-state index in [9.17, 15) is 0 Å². The summed E-state index contributed by atoms with van der Waals surface area (Å²) in [5.41, 5.74) is 8.07. The number of para-hydroxylation sites is 2. The van der Waals surface area contributed by atoms with Gasteiger partial charge < -0.3 is 30.4 Å². The fourth-order valence-electron chi connectivity index (χ4n) is 2.56. The SMILES string of the molecule is COc1cc(Nc2nc3ccccc3nc2N)c(OCCCO)c(OC)c1. The molecule has 0 saturated heterocycles. The lowest BCUT2D eigenvalue weighted by atomic mass is 10.2. The highest BCUT2D eigenvalue weighted by atomic mass is 16.5. The van der Waals surface area contributed by atoms with Crippen LogP contribution in [0.3, 0.4) is 0 Å². The Labute approximate surface area is 156 Å². The van der Waals surface area contributed by atoms with Crippen LogP contribution >= 0.6 is 0 Å². The van der Waals surface area contributed by atoms with Crippen LogP contribution in [-0.2, 0) is 0 Å². The molecular formula is C19H22N4O4. The molecule has 0 aliphatic rings. The average molecular weight is 370 g/mol. The van der Waals surface area contributed by atoms with E-state index >= 15 is 0 Å². The van der Waals surface area contributed by atoms with Crippen LogP contribution in [0.4, 0.5) is 17.3 Å². The van der Waals surface area contributed by atoms with Crippen molar-refractivity contribution in [3.05, 3.63) is 36.4 Å². The molecule has 3 rings (SSSR count). The van der Waals surface area contributed by atoms with Crippen LogP contribution in [0.15, 0.2) is 36.4 Å². The first-order chi connectivity index (χ1) is 13.2. The summed E-state index contributed by atoms with van der Waals surface area (Å²) in [4.78, 5) is 8.92. The van der Waals surface area contributed by atoms with Gasteiger partial charge in [-0.25, -0.2) is 9.97 Å². The number of nitrogens with zero attached hydrogens (tertiary/aromatic N) is 2. The fourth-order valence-corrected chi connectivity index (χ4v) is 2.56. The molecule has 142 valence electrons. The van der Waals surface area contributed by atoms with Gasteiger partial charge in [0.05, 0.1) is 37.5 Å². The maximum Gasteiger partial charge on any atom is 0.184 e. The van der Waals surface area contributed by atoms with Gasteiger partial charge in [0.1, 0.15) is 5.75 Å². The summed E-state index contributed by atoms with van der Waals surface area (Å²) in [5, 5.41) is 12.2. The Morgan fingerprint density at radius 1 is 1.07 bits per heavy atom. The molecule has 0 aliphatic carbocycles. The first kappa shape index (κ1) is 18.5. The molecule has 0 unspecified atom stereocenters. The third-order valence-corrected chi connectivity index (χ3v) is 3.88. The van der Waals surface area contributed by atoms with E-state index in [4.69, 9.17) is 25.1 Å². The maximum absolute atomic E-state index is 9.01. The van der Waals surface area contributed by atoms with Crippen molar-refractivity contribution in [2.24, 2.45) is 0 Å². The first-order valence-electron chi connectivity index (χ1n) is 8.45. The normalized spacial score (nSPS) is 10.6. The van der Waals surface area contributed by atoms with E-state index in [1.165, 1.54) is 0 Å². The Kier molecular flexibility index (Phi) is 5.77. The van der Waals surface area contributed by atoms with Gasteiger partial charge >= 0.3 is 0 Å². The zero-order chi connectivity index (χ0) is 19.2. The van der Waals surface area contributed by atoms with Crippen molar-refractivity contribution in [3.8, 4) is 17.2 Å². The Hall–Kier alpha value is -3.26. The van der Waals surface area contributed by atoms with Crippen LogP contribution in [-0.4, -0.2) is 42.5 Å². The first-order valence-corrected chi connectivity index (χ1v) is 8.45. The van der Waals surface area contributed by atoms with Crippen molar-refractivity contribution in [2.45, 2.75) is 6.42 Å². The Morgan fingerprint density at radius 2 is 1.81 bits per heavy atom. The molecule has 0 amide bonds. The van der Waals surface area contributed by atoms with Crippen LogP contribution in [0.25, 0.3) is 11.0 Å². The number of ether oxygens (including phenoxy) is 3. The molecule has 2 aromatic carbocycles. The van der Waals surface area contributed by atoms with Gasteiger partial charge in [0.15, 0.2) is 23.1 Å². The summed E-state index contributed by atoms with van der Waals surface area (Å²) in [6.07, 6.45) is 0.493. The zero-order valence-corrected chi connectivity index (χ0v) is 15.2. The van der Waals surface area contributed by atoms with Gasteiger partial charge in [-0.3, -0.25) is 0 Å². The molecule has 1 heterocycles. The maximum atomic E-state index is 9.01. The molecule has 3 aromatic rings. The van der Waals surface area contributed by atoms with Crippen molar-refractivity contribution in [2.75, 3.05) is 38.5 Å². The predicted molar refractivity (Wildman–Crippen MR) is 104 cm³/mol. The quantitative estimate of drug-likeness (QED) is 0.519. The molecule has 1 aromatic heterocycles. The number of fused-ring (bicyclic) bond motifs is 1. The van der Waals surface area contributed by atoms with E-state index in [0.29, 0.717) is 52.8 Å². The second-order valence-electron chi connectivity index (χ2n) is 5.70. The number of nitrogen functional groups attached to an aromatic ring is 1. The van der Waals surface area contributed by atoms with E-state index in [1.54, 1.807) is 26.4 Å². The van der Waals surface area contributed by atoms with Crippen molar-refractivity contribution in [1.82, 2.24) is 9.97 Å². The Bertz CT molecular complexity index is 933. The monoisotopic (exact) mass is 370 g/mol. The number of hydrogen-bond acceptors (Lipinski definition) is 8. The predicted octanol–water partition coefficient (Wildman–Crippen LogP) is 2.73. The highest BCUT2D eigenvalue weighted by Gasteiger charge is 2.16. The molecule has 0 radical (unpaired) electrons. The van der Waals surface area contributed by atoms with Crippen LogP contribution in [0.1, 0.15) is 6.42 Å². The molecule has 0 aliphatic heterocycles. The van der Waals surface area contributed by atoms with Gasteiger partial charge in [0.25, 0.3) is 0 Å². The van der Waals surface area contributed by atoms with Gasteiger partial charge in [-0.05, 0) is 12.1 Å². The number of aromatic nitrogens is 2. The molecule has 27 heavy (non-hydrogen) atoms. The molecule has 0 atom stereocenters. The number of benzene rings is 2. The molecule has 8 nitrogen and oxygen atoms in total. The number of aliphatic hydroxyl groups excluding tert-OH is 1. The zero-order valence-electron chi connectivity index (χ0n) is 15.2. The van der Waals surface area contributed by atoms with Crippen LogP contribution in [0.5, 0.6) is 17.2 Å². The minimum atomic E-state index is 0.0321. The highest BCUT2D eigenvalue weighted by Crippen LogP contribution is 2.41. The largest absolute Gasteiger partial charge is 0.497 e. The molecule has 0 saturated carbocycles. The average Bonchev–Trinajstić information content (AvgIpc) is 2.69. The number of anilines is 3. The lowest BCUT2D eigenvalue weighted by Crippen LogP contribution is -2.07. The van der Waals surface area contributed by atoms with E-state index in [1.807, 2.05) is 24.3 Å². The van der Waals surface area contributed by atoms with Crippen molar-refractivity contribution in [1.29, 1.82) is 0 Å². The van der Waals surface area contributed by atoms with Gasteiger partial charge in [0, 0.05) is 25.2 Å². The fraction of sp³-hybridized carbons (Fsp3) is 0.263. The van der Waals surface area contributed by atoms with E-state index in [-0.39, 0.29) is 12.4 Å². The van der Waals surface area contributed by atoms with Crippen molar-refractivity contribution >= 4 is 28.4 Å². The topological polar surface area (TPSA) is 112 Å². The third-order valence-electron chi connectivity index (χ3n) is 3.88. The number of hydrogen-bond donors (Lipinski definition) is 3. The van der Waals surface area contributed by atoms with Crippen LogP contribution < -0.4 is 25.3 Å². The molecule has 4 N–H and O–H groups in total. The summed E-state index contributed by atoms with van der Waals surface area (Å²) in [5.74, 6) is 2.20. The second kappa shape index (κ2) is 8.41. The number of nitrogens with two attached hydrogens (primary N) is 1. The van der Waals surface area contributed by atoms with E-state index in [0.717, 1.165) is 0 Å². The van der Waals surface area contributed by atoms with Gasteiger partial charge in [-0.2, -0.15) is 0 Å². The molecule has 0 spiro atoms.